The van der Waals surface area contributed by atoms with Gasteiger partial charge in [0.05, 0.1) is 0 Å². The summed E-state index contributed by atoms with van der Waals surface area (Å²) in [5.74, 6) is 0.589. The van der Waals surface area contributed by atoms with Crippen LogP contribution >= 0.6 is 0 Å². The van der Waals surface area contributed by atoms with Crippen molar-refractivity contribution in [1.29, 1.82) is 0 Å². The van der Waals surface area contributed by atoms with Gasteiger partial charge in [-0.25, -0.2) is 0 Å². The molecule has 6 heteroatoms. The van der Waals surface area contributed by atoms with E-state index in [1.54, 1.807) is 8.61 Å². The third-order valence-corrected chi connectivity index (χ3v) is 5.48. The lowest BCUT2D eigenvalue weighted by molar-refractivity contribution is 0.165. The zero-order valence-corrected chi connectivity index (χ0v) is 12.5. The predicted octanol–water partition coefficient (Wildman–Crippen LogP) is 0.913. The fourth-order valence-corrected chi connectivity index (χ4v) is 4.09. The molecule has 1 rings (SSSR count). The molecule has 0 radical (unpaired) electrons. The normalized spacial score (nSPS) is 19.9. The maximum absolute atomic E-state index is 12.4. The zero-order chi connectivity index (χ0) is 13.8. The molecule has 0 aromatic heterocycles. The van der Waals surface area contributed by atoms with E-state index >= 15 is 0 Å². The van der Waals surface area contributed by atoms with E-state index in [-0.39, 0.29) is 12.5 Å². The summed E-state index contributed by atoms with van der Waals surface area (Å²) in [5.41, 5.74) is 0. The van der Waals surface area contributed by atoms with Crippen LogP contribution < -0.4 is 0 Å². The van der Waals surface area contributed by atoms with Crippen LogP contribution in [0.1, 0.15) is 33.6 Å². The van der Waals surface area contributed by atoms with Gasteiger partial charge in [-0.1, -0.05) is 20.8 Å². The van der Waals surface area contributed by atoms with Crippen molar-refractivity contribution in [2.45, 2.75) is 33.6 Å². The second-order valence-electron chi connectivity index (χ2n) is 5.38. The van der Waals surface area contributed by atoms with E-state index < -0.39 is 10.2 Å². The van der Waals surface area contributed by atoms with Crippen LogP contribution in [0, 0.1) is 11.8 Å². The molecule has 0 spiro atoms. The molecule has 1 N–H and O–H groups in total. The number of rotatable bonds is 6. The number of nitrogens with zero attached hydrogens (tertiary/aromatic N) is 2. The van der Waals surface area contributed by atoms with E-state index in [0.29, 0.717) is 32.1 Å². The summed E-state index contributed by atoms with van der Waals surface area (Å²) in [4.78, 5) is 0. The highest BCUT2D eigenvalue weighted by Gasteiger charge is 2.32. The second kappa shape index (κ2) is 6.84. The van der Waals surface area contributed by atoms with Gasteiger partial charge in [0, 0.05) is 32.8 Å². The van der Waals surface area contributed by atoms with Gasteiger partial charge in [-0.15, -0.1) is 0 Å². The fourth-order valence-electron chi connectivity index (χ4n) is 2.28. The summed E-state index contributed by atoms with van der Waals surface area (Å²) in [6.45, 7) is 8.23. The third-order valence-electron chi connectivity index (χ3n) is 3.41. The Kier molecular flexibility index (Phi) is 6.04. The molecule has 1 aliphatic rings. The Morgan fingerprint density at radius 2 is 1.89 bits per heavy atom. The van der Waals surface area contributed by atoms with Crippen molar-refractivity contribution < 1.29 is 13.5 Å². The minimum absolute atomic E-state index is 0.164. The number of hydrogen-bond donors (Lipinski definition) is 1. The first-order chi connectivity index (χ1) is 8.41. The molecule has 0 aromatic carbocycles. The van der Waals surface area contributed by atoms with E-state index in [1.807, 2.05) is 20.8 Å². The van der Waals surface area contributed by atoms with E-state index in [4.69, 9.17) is 5.11 Å². The average Bonchev–Trinajstić information content (AvgIpc) is 2.35. The smallest absolute Gasteiger partial charge is 0.281 e. The van der Waals surface area contributed by atoms with Crippen LogP contribution in [-0.2, 0) is 10.2 Å². The molecule has 18 heavy (non-hydrogen) atoms. The van der Waals surface area contributed by atoms with Gasteiger partial charge in [0.1, 0.15) is 0 Å². The van der Waals surface area contributed by atoms with Crippen LogP contribution in [0.5, 0.6) is 0 Å². The van der Waals surface area contributed by atoms with E-state index in [1.165, 1.54) is 0 Å². The van der Waals surface area contributed by atoms with Gasteiger partial charge in [-0.2, -0.15) is 17.0 Å². The van der Waals surface area contributed by atoms with Crippen LogP contribution in [0.3, 0.4) is 0 Å². The Labute approximate surface area is 111 Å². The highest BCUT2D eigenvalue weighted by Crippen LogP contribution is 2.21. The van der Waals surface area contributed by atoms with Crippen LogP contribution in [-0.4, -0.2) is 54.9 Å². The van der Waals surface area contributed by atoms with Gasteiger partial charge in [0.15, 0.2) is 0 Å². The maximum atomic E-state index is 12.4. The van der Waals surface area contributed by atoms with E-state index in [9.17, 15) is 8.42 Å². The van der Waals surface area contributed by atoms with Crippen molar-refractivity contribution in [3.05, 3.63) is 0 Å². The molecular weight excluding hydrogens is 252 g/mol. The number of aliphatic hydroxyl groups is 1. The molecule has 0 saturated carbocycles. The van der Waals surface area contributed by atoms with Crippen molar-refractivity contribution >= 4 is 10.2 Å². The van der Waals surface area contributed by atoms with Gasteiger partial charge in [0.25, 0.3) is 10.2 Å². The summed E-state index contributed by atoms with van der Waals surface area (Å²) in [5, 5.41) is 9.08. The molecule has 0 atom stereocenters. The lowest BCUT2D eigenvalue weighted by Crippen LogP contribution is -2.48. The molecule has 0 amide bonds. The van der Waals surface area contributed by atoms with E-state index in [0.717, 1.165) is 12.8 Å². The first kappa shape index (κ1) is 15.9. The van der Waals surface area contributed by atoms with Crippen LogP contribution in [0.2, 0.25) is 0 Å². The Morgan fingerprint density at radius 1 is 1.33 bits per heavy atom. The summed E-state index contributed by atoms with van der Waals surface area (Å²) < 4.78 is 28.0. The Hall–Kier alpha value is -0.170. The molecule has 0 unspecified atom stereocenters. The molecule has 1 saturated heterocycles. The number of piperidine rings is 1. The van der Waals surface area contributed by atoms with Crippen LogP contribution in [0.25, 0.3) is 0 Å². The topological polar surface area (TPSA) is 60.9 Å². The standard InChI is InChI=1S/C12H26N2O3S/c1-4-13(9-11(2)3)18(16,17)14-7-5-12(10-15)6-8-14/h11-12,15H,4-10H2,1-3H3. The Bertz CT molecular complexity index is 335. The zero-order valence-electron chi connectivity index (χ0n) is 11.7. The summed E-state index contributed by atoms with van der Waals surface area (Å²) in [7, 11) is -3.32. The number of aliphatic hydroxyl groups excluding tert-OH is 1. The van der Waals surface area contributed by atoms with Crippen molar-refractivity contribution in [2.24, 2.45) is 11.8 Å². The first-order valence-electron chi connectivity index (χ1n) is 6.77. The molecule has 1 heterocycles. The minimum Gasteiger partial charge on any atom is -0.396 e. The summed E-state index contributed by atoms with van der Waals surface area (Å²) in [6, 6.07) is 0. The van der Waals surface area contributed by atoms with Gasteiger partial charge in [-0.3, -0.25) is 0 Å². The monoisotopic (exact) mass is 278 g/mol. The predicted molar refractivity (Wildman–Crippen MR) is 72.4 cm³/mol. The highest BCUT2D eigenvalue weighted by molar-refractivity contribution is 7.86. The van der Waals surface area contributed by atoms with E-state index in [2.05, 4.69) is 0 Å². The minimum atomic E-state index is -3.32. The fraction of sp³-hybridized carbons (Fsp3) is 1.00. The average molecular weight is 278 g/mol. The Balaban J connectivity index is 2.68. The molecule has 5 nitrogen and oxygen atoms in total. The largest absolute Gasteiger partial charge is 0.396 e. The van der Waals surface area contributed by atoms with Gasteiger partial charge < -0.3 is 5.11 Å². The molecule has 108 valence electrons. The quantitative estimate of drug-likeness (QED) is 0.786. The second-order valence-corrected chi connectivity index (χ2v) is 7.31. The van der Waals surface area contributed by atoms with Gasteiger partial charge in [-0.05, 0) is 24.7 Å². The van der Waals surface area contributed by atoms with Crippen LogP contribution in [0.15, 0.2) is 0 Å². The van der Waals surface area contributed by atoms with Crippen molar-refractivity contribution in [3.8, 4) is 0 Å². The molecule has 0 bridgehead atoms. The number of hydrogen-bond acceptors (Lipinski definition) is 3. The summed E-state index contributed by atoms with van der Waals surface area (Å²) >= 11 is 0. The van der Waals surface area contributed by atoms with Gasteiger partial charge in [0.2, 0.25) is 0 Å². The lowest BCUT2D eigenvalue weighted by Gasteiger charge is -2.34. The third kappa shape index (κ3) is 3.91. The van der Waals surface area contributed by atoms with Crippen molar-refractivity contribution in [3.63, 3.8) is 0 Å². The van der Waals surface area contributed by atoms with Crippen LogP contribution in [0.4, 0.5) is 0 Å². The molecule has 0 aromatic rings. The molecule has 1 fully saturated rings. The molecule has 1 aliphatic heterocycles. The van der Waals surface area contributed by atoms with Crippen molar-refractivity contribution in [2.75, 3.05) is 32.8 Å². The summed E-state index contributed by atoms with van der Waals surface area (Å²) in [6.07, 6.45) is 1.52. The SMILES string of the molecule is CCN(CC(C)C)S(=O)(=O)N1CCC(CO)CC1. The highest BCUT2D eigenvalue weighted by atomic mass is 32.2. The molecular formula is C12H26N2O3S. The van der Waals surface area contributed by atoms with Gasteiger partial charge >= 0.3 is 0 Å². The first-order valence-corrected chi connectivity index (χ1v) is 8.17. The molecule has 0 aliphatic carbocycles. The lowest BCUT2D eigenvalue weighted by atomic mass is 10.00. The maximum Gasteiger partial charge on any atom is 0.281 e. The Morgan fingerprint density at radius 3 is 2.28 bits per heavy atom. The van der Waals surface area contributed by atoms with Crippen molar-refractivity contribution in [1.82, 2.24) is 8.61 Å².